The maximum atomic E-state index is 11.9. The van der Waals surface area contributed by atoms with Gasteiger partial charge in [-0.2, -0.15) is 0 Å². The van der Waals surface area contributed by atoms with Gasteiger partial charge in [0.1, 0.15) is 5.82 Å². The summed E-state index contributed by atoms with van der Waals surface area (Å²) in [6, 6.07) is 0. The Morgan fingerprint density at radius 3 is 2.76 bits per heavy atom. The molecule has 0 saturated heterocycles. The van der Waals surface area contributed by atoms with Gasteiger partial charge in [-0.25, -0.2) is 4.98 Å². The summed E-state index contributed by atoms with van der Waals surface area (Å²) in [5.74, 6) is 0.210. The highest BCUT2D eigenvalue weighted by Gasteiger charge is 2.13. The number of aromatic nitrogens is 2. The van der Waals surface area contributed by atoms with E-state index in [0.717, 1.165) is 6.42 Å². The van der Waals surface area contributed by atoms with Crippen LogP contribution in [-0.2, 0) is 16.6 Å². The standard InChI is InChI=1S/C12H21N5O3.ClH/c1-17-8-9(14-6-3-5-13)16-11(17)12(19)15-7-4-10(18)20-2;/h8,14H,3-7,13H2,1-2H3,(H,15,19);1H. The first kappa shape index (κ1) is 19.2. The van der Waals surface area contributed by atoms with Crippen molar-refractivity contribution in [3.63, 3.8) is 0 Å². The largest absolute Gasteiger partial charge is 0.469 e. The molecule has 0 fully saturated rings. The van der Waals surface area contributed by atoms with Crippen molar-refractivity contribution < 1.29 is 14.3 Å². The highest BCUT2D eigenvalue weighted by atomic mass is 35.5. The van der Waals surface area contributed by atoms with Gasteiger partial charge in [-0.3, -0.25) is 9.59 Å². The lowest BCUT2D eigenvalue weighted by Gasteiger charge is -2.03. The van der Waals surface area contributed by atoms with Crippen LogP contribution < -0.4 is 16.4 Å². The van der Waals surface area contributed by atoms with E-state index < -0.39 is 0 Å². The first-order valence-corrected chi connectivity index (χ1v) is 6.40. The zero-order chi connectivity index (χ0) is 15.0. The molecule has 0 unspecified atom stereocenters. The maximum Gasteiger partial charge on any atom is 0.307 e. The van der Waals surface area contributed by atoms with Crippen molar-refractivity contribution >= 4 is 30.1 Å². The number of carbonyl (C=O) groups is 2. The van der Waals surface area contributed by atoms with Crippen LogP contribution in [0.3, 0.4) is 0 Å². The molecule has 0 bridgehead atoms. The number of esters is 1. The first-order valence-electron chi connectivity index (χ1n) is 6.40. The molecule has 120 valence electrons. The number of hydrogen-bond acceptors (Lipinski definition) is 6. The quantitative estimate of drug-likeness (QED) is 0.455. The normalized spacial score (nSPS) is 9.67. The molecular formula is C12H22ClN5O3. The molecule has 0 saturated carbocycles. The Morgan fingerprint density at radius 1 is 1.43 bits per heavy atom. The minimum Gasteiger partial charge on any atom is -0.469 e. The van der Waals surface area contributed by atoms with Crippen LogP contribution in [0.15, 0.2) is 6.20 Å². The molecule has 0 aliphatic heterocycles. The summed E-state index contributed by atoms with van der Waals surface area (Å²) in [7, 11) is 3.04. The highest BCUT2D eigenvalue weighted by molar-refractivity contribution is 5.91. The van der Waals surface area contributed by atoms with Crippen LogP contribution in [0, 0.1) is 0 Å². The maximum absolute atomic E-state index is 11.9. The van der Waals surface area contributed by atoms with Crippen molar-refractivity contribution in [3.8, 4) is 0 Å². The van der Waals surface area contributed by atoms with E-state index in [1.54, 1.807) is 17.8 Å². The van der Waals surface area contributed by atoms with Gasteiger partial charge in [-0.1, -0.05) is 0 Å². The summed E-state index contributed by atoms with van der Waals surface area (Å²) in [5, 5.41) is 5.69. The number of nitrogens with zero attached hydrogens (tertiary/aromatic N) is 2. The summed E-state index contributed by atoms with van der Waals surface area (Å²) >= 11 is 0. The molecule has 0 aromatic carbocycles. The molecule has 0 aliphatic carbocycles. The molecule has 8 nitrogen and oxygen atoms in total. The number of rotatable bonds is 8. The number of methoxy groups -OCH3 is 1. The van der Waals surface area contributed by atoms with Crippen molar-refractivity contribution in [2.24, 2.45) is 12.8 Å². The number of nitrogens with two attached hydrogens (primary N) is 1. The summed E-state index contributed by atoms with van der Waals surface area (Å²) in [6.45, 7) is 1.52. The third kappa shape index (κ3) is 6.46. The zero-order valence-corrected chi connectivity index (χ0v) is 13.0. The monoisotopic (exact) mass is 319 g/mol. The molecule has 0 spiro atoms. The molecule has 1 aromatic rings. The van der Waals surface area contributed by atoms with Gasteiger partial charge >= 0.3 is 5.97 Å². The molecular weight excluding hydrogens is 298 g/mol. The smallest absolute Gasteiger partial charge is 0.307 e. The van der Waals surface area contributed by atoms with Gasteiger partial charge in [0, 0.05) is 26.3 Å². The number of nitrogens with one attached hydrogen (secondary N) is 2. The number of anilines is 1. The van der Waals surface area contributed by atoms with Gasteiger partial charge in [-0.05, 0) is 13.0 Å². The Kier molecular flexibility index (Phi) is 9.15. The second kappa shape index (κ2) is 10.0. The fourth-order valence-corrected chi connectivity index (χ4v) is 1.54. The molecule has 9 heteroatoms. The number of halogens is 1. The highest BCUT2D eigenvalue weighted by Crippen LogP contribution is 2.06. The van der Waals surface area contributed by atoms with E-state index in [9.17, 15) is 9.59 Å². The lowest BCUT2D eigenvalue weighted by molar-refractivity contribution is -0.140. The predicted octanol–water partition coefficient (Wildman–Crippen LogP) is -0.104. The number of carbonyl (C=O) groups excluding carboxylic acids is 2. The number of hydrogen-bond donors (Lipinski definition) is 3. The van der Waals surface area contributed by atoms with Gasteiger partial charge in [0.2, 0.25) is 5.82 Å². The molecule has 1 amide bonds. The lowest BCUT2D eigenvalue weighted by Crippen LogP contribution is -2.28. The van der Waals surface area contributed by atoms with E-state index in [0.29, 0.717) is 18.9 Å². The number of aryl methyl sites for hydroxylation is 1. The van der Waals surface area contributed by atoms with E-state index in [4.69, 9.17) is 5.73 Å². The number of ether oxygens (including phenoxy) is 1. The molecule has 1 aromatic heterocycles. The van der Waals surface area contributed by atoms with Gasteiger partial charge in [0.15, 0.2) is 0 Å². The second-order valence-corrected chi connectivity index (χ2v) is 4.21. The van der Waals surface area contributed by atoms with Gasteiger partial charge in [0.25, 0.3) is 5.91 Å². The van der Waals surface area contributed by atoms with Crippen molar-refractivity contribution in [3.05, 3.63) is 12.0 Å². The van der Waals surface area contributed by atoms with Crippen molar-refractivity contribution in [1.82, 2.24) is 14.9 Å². The summed E-state index contributed by atoms with van der Waals surface area (Å²) < 4.78 is 6.11. The fourth-order valence-electron chi connectivity index (χ4n) is 1.54. The SMILES string of the molecule is COC(=O)CCNC(=O)c1nc(NCCCN)cn1C.Cl. The molecule has 21 heavy (non-hydrogen) atoms. The average Bonchev–Trinajstić information content (AvgIpc) is 2.80. The topological polar surface area (TPSA) is 111 Å². The van der Waals surface area contributed by atoms with Gasteiger partial charge < -0.3 is 25.7 Å². The van der Waals surface area contributed by atoms with Crippen LogP contribution in [0.1, 0.15) is 23.5 Å². The molecule has 4 N–H and O–H groups in total. The average molecular weight is 320 g/mol. The van der Waals surface area contributed by atoms with Crippen LogP contribution in [-0.4, -0.2) is 48.2 Å². The van der Waals surface area contributed by atoms with Crippen molar-refractivity contribution in [2.45, 2.75) is 12.8 Å². The van der Waals surface area contributed by atoms with E-state index in [1.807, 2.05) is 0 Å². The van der Waals surface area contributed by atoms with E-state index in [-0.39, 0.29) is 43.1 Å². The Labute approximate surface area is 129 Å². The van der Waals surface area contributed by atoms with Crippen molar-refractivity contribution in [2.75, 3.05) is 32.1 Å². The molecule has 0 radical (unpaired) electrons. The third-order valence-electron chi connectivity index (χ3n) is 2.61. The summed E-state index contributed by atoms with van der Waals surface area (Å²) in [6.07, 6.45) is 2.69. The van der Waals surface area contributed by atoms with E-state index >= 15 is 0 Å². The number of amides is 1. The van der Waals surface area contributed by atoms with E-state index in [1.165, 1.54) is 7.11 Å². The lowest BCUT2D eigenvalue weighted by atomic mass is 10.4. The third-order valence-corrected chi connectivity index (χ3v) is 2.61. The fraction of sp³-hybridized carbons (Fsp3) is 0.583. The minimum absolute atomic E-state index is 0. The van der Waals surface area contributed by atoms with Gasteiger partial charge in [0.05, 0.1) is 13.5 Å². The molecule has 1 rings (SSSR count). The van der Waals surface area contributed by atoms with Crippen LogP contribution in [0.25, 0.3) is 0 Å². The Morgan fingerprint density at radius 2 is 2.14 bits per heavy atom. The zero-order valence-electron chi connectivity index (χ0n) is 12.2. The van der Waals surface area contributed by atoms with Crippen molar-refractivity contribution in [1.29, 1.82) is 0 Å². The number of imidazole rings is 1. The van der Waals surface area contributed by atoms with Crippen LogP contribution in [0.4, 0.5) is 5.82 Å². The Balaban J connectivity index is 0.00000400. The second-order valence-electron chi connectivity index (χ2n) is 4.21. The Bertz CT molecular complexity index is 464. The summed E-state index contributed by atoms with van der Waals surface area (Å²) in [5.41, 5.74) is 5.40. The van der Waals surface area contributed by atoms with E-state index in [2.05, 4.69) is 20.4 Å². The molecule has 1 heterocycles. The molecule has 0 atom stereocenters. The minimum atomic E-state index is -0.366. The van der Waals surface area contributed by atoms with Crippen LogP contribution in [0.2, 0.25) is 0 Å². The summed E-state index contributed by atoms with van der Waals surface area (Å²) in [4.78, 5) is 27.0. The predicted molar refractivity (Wildman–Crippen MR) is 81.6 cm³/mol. The van der Waals surface area contributed by atoms with Crippen LogP contribution in [0.5, 0.6) is 0 Å². The molecule has 0 aliphatic rings. The van der Waals surface area contributed by atoms with Crippen LogP contribution >= 0.6 is 12.4 Å². The van der Waals surface area contributed by atoms with Gasteiger partial charge in [-0.15, -0.1) is 12.4 Å². The Hall–Kier alpha value is -1.80. The first-order chi connectivity index (χ1) is 9.58.